The van der Waals surface area contributed by atoms with Crippen LogP contribution in [0, 0.1) is 6.92 Å². The van der Waals surface area contributed by atoms with Gasteiger partial charge in [0.05, 0.1) is 12.7 Å². The van der Waals surface area contributed by atoms with Gasteiger partial charge in [-0.3, -0.25) is 0 Å². The van der Waals surface area contributed by atoms with E-state index in [0.29, 0.717) is 13.1 Å². The highest BCUT2D eigenvalue weighted by molar-refractivity contribution is 4.59. The Kier molecular flexibility index (Phi) is 4.67. The van der Waals surface area contributed by atoms with E-state index < -0.39 is 6.10 Å². The van der Waals surface area contributed by atoms with Gasteiger partial charge in [-0.15, -0.1) is 0 Å². The highest BCUT2D eigenvalue weighted by Crippen LogP contribution is 1.85. The van der Waals surface area contributed by atoms with E-state index in [2.05, 4.69) is 0 Å². The molecule has 0 aromatic carbocycles. The number of likely N-dealkylation sites (N-methyl/N-ethyl adjacent to an activating group) is 1. The van der Waals surface area contributed by atoms with E-state index in [0.717, 1.165) is 0 Å². The molecular weight excluding hydrogens is 118 g/mol. The van der Waals surface area contributed by atoms with Crippen LogP contribution in [0.2, 0.25) is 0 Å². The molecule has 0 rings (SSSR count). The summed E-state index contributed by atoms with van der Waals surface area (Å²) in [7, 11) is 1.78. The Balaban J connectivity index is 3.22. The molecule has 9 heavy (non-hydrogen) atoms. The van der Waals surface area contributed by atoms with Crippen molar-refractivity contribution >= 4 is 0 Å². The van der Waals surface area contributed by atoms with Crippen LogP contribution in [0.4, 0.5) is 0 Å². The van der Waals surface area contributed by atoms with Crippen molar-refractivity contribution in [2.45, 2.75) is 6.10 Å². The highest BCUT2D eigenvalue weighted by Gasteiger charge is 2.03. The summed E-state index contributed by atoms with van der Waals surface area (Å²) in [4.78, 5) is 1.72. The second-order valence-corrected chi connectivity index (χ2v) is 2.06. The third-order valence-corrected chi connectivity index (χ3v) is 1.04. The van der Waals surface area contributed by atoms with E-state index in [1.54, 1.807) is 11.9 Å². The summed E-state index contributed by atoms with van der Waals surface area (Å²) in [6, 6.07) is 0. The molecule has 0 aromatic rings. The molecule has 2 N–H and O–H groups in total. The molecule has 3 nitrogen and oxygen atoms in total. The summed E-state index contributed by atoms with van der Waals surface area (Å²) in [5.41, 5.74) is 0. The number of aliphatic hydroxyl groups excluding tert-OH is 2. The molecule has 0 bridgehead atoms. The van der Waals surface area contributed by atoms with Crippen LogP contribution in [-0.4, -0.2) is 48.0 Å². The summed E-state index contributed by atoms with van der Waals surface area (Å²) in [5, 5.41) is 17.2. The maximum atomic E-state index is 8.81. The second kappa shape index (κ2) is 4.73. The number of rotatable bonds is 4. The molecule has 0 aliphatic carbocycles. The first kappa shape index (κ1) is 8.88. The van der Waals surface area contributed by atoms with Crippen LogP contribution < -0.4 is 0 Å². The highest BCUT2D eigenvalue weighted by atomic mass is 16.3. The van der Waals surface area contributed by atoms with Gasteiger partial charge in [-0.1, -0.05) is 0 Å². The minimum Gasteiger partial charge on any atom is -0.394 e. The van der Waals surface area contributed by atoms with Gasteiger partial charge < -0.3 is 15.1 Å². The number of hydrogen-bond donors (Lipinski definition) is 2. The van der Waals surface area contributed by atoms with Crippen molar-refractivity contribution in [1.82, 2.24) is 4.90 Å². The number of hydrogen-bond acceptors (Lipinski definition) is 3. The lowest BCUT2D eigenvalue weighted by molar-refractivity contribution is 0.0693. The average Bonchev–Trinajstić information content (AvgIpc) is 1.87. The Morgan fingerprint density at radius 2 is 2.22 bits per heavy atom. The van der Waals surface area contributed by atoms with Crippen molar-refractivity contribution < 1.29 is 10.2 Å². The Labute approximate surface area is 55.9 Å². The van der Waals surface area contributed by atoms with Crippen LogP contribution in [0.25, 0.3) is 0 Å². The zero-order valence-electron chi connectivity index (χ0n) is 5.62. The fourth-order valence-electron chi connectivity index (χ4n) is 0.492. The minimum atomic E-state index is -0.668. The largest absolute Gasteiger partial charge is 0.394 e. The Morgan fingerprint density at radius 1 is 1.67 bits per heavy atom. The molecule has 0 aromatic heterocycles. The Morgan fingerprint density at radius 3 is 2.56 bits per heavy atom. The lowest BCUT2D eigenvalue weighted by Gasteiger charge is -2.16. The van der Waals surface area contributed by atoms with Gasteiger partial charge in [0, 0.05) is 13.1 Å². The van der Waals surface area contributed by atoms with Crippen molar-refractivity contribution in [3.63, 3.8) is 0 Å². The zero-order chi connectivity index (χ0) is 7.28. The van der Waals surface area contributed by atoms with Crippen molar-refractivity contribution in [1.29, 1.82) is 0 Å². The Hall–Kier alpha value is -0.120. The van der Waals surface area contributed by atoms with Gasteiger partial charge in [0.15, 0.2) is 0 Å². The van der Waals surface area contributed by atoms with Crippen LogP contribution in [0.1, 0.15) is 0 Å². The molecule has 0 aliphatic heterocycles. The van der Waals surface area contributed by atoms with Crippen LogP contribution in [0.15, 0.2) is 0 Å². The van der Waals surface area contributed by atoms with E-state index in [1.807, 2.05) is 0 Å². The summed E-state index contributed by atoms with van der Waals surface area (Å²) in [6.07, 6.45) is -0.668. The summed E-state index contributed by atoms with van der Waals surface area (Å²) in [6.45, 7) is 5.83. The third kappa shape index (κ3) is 4.39. The van der Waals surface area contributed by atoms with Gasteiger partial charge in [-0.2, -0.15) is 0 Å². The first-order valence-corrected chi connectivity index (χ1v) is 2.88. The van der Waals surface area contributed by atoms with Crippen molar-refractivity contribution in [2.24, 2.45) is 0 Å². The van der Waals surface area contributed by atoms with E-state index in [4.69, 9.17) is 17.1 Å². The Bertz CT molecular complexity index is 60.1. The predicted molar refractivity (Wildman–Crippen MR) is 34.9 cm³/mol. The molecule has 0 saturated heterocycles. The molecule has 3 heteroatoms. The quantitative estimate of drug-likeness (QED) is 0.513. The third-order valence-electron chi connectivity index (χ3n) is 1.04. The van der Waals surface area contributed by atoms with Gasteiger partial charge in [0.25, 0.3) is 0 Å². The summed E-state index contributed by atoms with van der Waals surface area (Å²) in [5.74, 6) is 0. The van der Waals surface area contributed by atoms with Gasteiger partial charge in [0.2, 0.25) is 0 Å². The molecule has 1 unspecified atom stereocenters. The first-order valence-electron chi connectivity index (χ1n) is 2.88. The zero-order valence-corrected chi connectivity index (χ0v) is 5.62. The van der Waals surface area contributed by atoms with Crippen LogP contribution in [0.5, 0.6) is 0 Å². The van der Waals surface area contributed by atoms with Crippen LogP contribution >= 0.6 is 0 Å². The van der Waals surface area contributed by atoms with Crippen LogP contribution in [0.3, 0.4) is 0 Å². The monoisotopic (exact) mass is 131 g/mol. The fourth-order valence-corrected chi connectivity index (χ4v) is 0.492. The smallest absolute Gasteiger partial charge is 0.0897 e. The van der Waals surface area contributed by atoms with Crippen molar-refractivity contribution in [3.05, 3.63) is 6.92 Å². The standard InChI is InChI=1S/C6H13NO2/c1-3-7(2)4-6(9)5-8/h1,6,8-9H,3-5H2,2H3. The molecule has 1 atom stereocenters. The van der Waals surface area contributed by atoms with Gasteiger partial charge in [0.1, 0.15) is 0 Å². The lowest BCUT2D eigenvalue weighted by atomic mass is 10.3. The van der Waals surface area contributed by atoms with Gasteiger partial charge in [-0.05, 0) is 14.0 Å². The fraction of sp³-hybridized carbons (Fsp3) is 0.833. The lowest BCUT2D eigenvalue weighted by Crippen LogP contribution is -2.31. The second-order valence-electron chi connectivity index (χ2n) is 2.06. The molecule has 0 amide bonds. The molecule has 0 heterocycles. The maximum absolute atomic E-state index is 8.81. The van der Waals surface area contributed by atoms with Crippen molar-refractivity contribution in [2.75, 3.05) is 26.7 Å². The van der Waals surface area contributed by atoms with Crippen molar-refractivity contribution in [3.8, 4) is 0 Å². The predicted octanol–water partition coefficient (Wildman–Crippen LogP) is -1.02. The van der Waals surface area contributed by atoms with Gasteiger partial charge in [-0.25, -0.2) is 0 Å². The molecule has 0 saturated carbocycles. The molecular formula is C6H13NO2. The van der Waals surface area contributed by atoms with Crippen LogP contribution in [-0.2, 0) is 0 Å². The van der Waals surface area contributed by atoms with Gasteiger partial charge >= 0.3 is 0 Å². The number of aliphatic hydroxyl groups is 2. The summed E-state index contributed by atoms with van der Waals surface area (Å²) < 4.78 is 0. The van der Waals surface area contributed by atoms with E-state index in [-0.39, 0.29) is 6.61 Å². The van der Waals surface area contributed by atoms with E-state index >= 15 is 0 Å². The SMILES string of the molecule is [CH]CN(C)CC(O)CO. The average molecular weight is 131 g/mol. The first-order chi connectivity index (χ1) is 4.20. The topological polar surface area (TPSA) is 43.7 Å². The van der Waals surface area contributed by atoms with E-state index in [9.17, 15) is 0 Å². The molecule has 0 spiro atoms. The normalized spacial score (nSPS) is 14.3. The summed E-state index contributed by atoms with van der Waals surface area (Å²) >= 11 is 0. The van der Waals surface area contributed by atoms with E-state index in [1.165, 1.54) is 0 Å². The molecule has 2 radical (unpaired) electrons. The molecule has 0 aliphatic rings. The maximum Gasteiger partial charge on any atom is 0.0897 e. The minimum absolute atomic E-state index is 0.204. The number of nitrogens with zero attached hydrogens (tertiary/aromatic N) is 1. The molecule has 54 valence electrons. The molecule has 0 fully saturated rings.